The molecule has 1 atom stereocenters. The van der Waals surface area contributed by atoms with Crippen LogP contribution in [-0.4, -0.2) is 10.2 Å². The maximum atomic E-state index is 9.45. The van der Waals surface area contributed by atoms with E-state index in [9.17, 15) is 10.2 Å². The maximum Gasteiger partial charge on any atom is 0.119 e. The zero-order chi connectivity index (χ0) is 17.6. The molecule has 1 aromatic rings. The molecule has 0 fully saturated rings. The zero-order valence-corrected chi connectivity index (χ0v) is 15.9. The van der Waals surface area contributed by atoms with Crippen LogP contribution in [-0.2, 0) is 6.42 Å². The lowest BCUT2D eigenvalue weighted by Crippen LogP contribution is -1.91. The summed E-state index contributed by atoms with van der Waals surface area (Å²) in [6.07, 6.45) is 17.1. The van der Waals surface area contributed by atoms with Crippen molar-refractivity contribution in [3.05, 3.63) is 23.8 Å². The van der Waals surface area contributed by atoms with Gasteiger partial charge in [-0.2, -0.15) is 0 Å². The molecule has 1 aromatic carbocycles. The van der Waals surface area contributed by atoms with Gasteiger partial charge in [0.25, 0.3) is 0 Å². The number of hydrogen-bond donors (Lipinski definition) is 2. The maximum absolute atomic E-state index is 9.45. The van der Waals surface area contributed by atoms with E-state index in [1.807, 2.05) is 0 Å². The number of rotatable bonds is 14. The third-order valence-corrected chi connectivity index (χ3v) is 5.07. The van der Waals surface area contributed by atoms with Crippen molar-refractivity contribution in [3.8, 4) is 11.5 Å². The fourth-order valence-corrected chi connectivity index (χ4v) is 3.24. The minimum atomic E-state index is 0.161. The lowest BCUT2D eigenvalue weighted by Gasteiger charge is -2.07. The average Bonchev–Trinajstić information content (AvgIpc) is 2.54. The highest BCUT2D eigenvalue weighted by Crippen LogP contribution is 2.22. The van der Waals surface area contributed by atoms with Gasteiger partial charge in [-0.05, 0) is 36.5 Å². The number of phenols is 2. The number of unbranched alkanes of at least 4 members (excludes halogenated alkanes) is 9. The molecule has 0 amide bonds. The van der Waals surface area contributed by atoms with Crippen LogP contribution in [0.1, 0.15) is 96.5 Å². The molecule has 2 N–H and O–H groups in total. The molecule has 0 radical (unpaired) electrons. The summed E-state index contributed by atoms with van der Waals surface area (Å²) in [5, 5.41) is 18.9. The second-order valence-corrected chi connectivity index (χ2v) is 7.45. The van der Waals surface area contributed by atoms with Crippen molar-refractivity contribution >= 4 is 0 Å². The monoisotopic (exact) mass is 334 g/mol. The number of hydrogen-bond acceptors (Lipinski definition) is 2. The molecular weight excluding hydrogens is 296 g/mol. The van der Waals surface area contributed by atoms with E-state index in [-0.39, 0.29) is 11.5 Å². The largest absolute Gasteiger partial charge is 0.508 e. The Kier molecular flexibility index (Phi) is 11.4. The Morgan fingerprint density at radius 1 is 0.708 bits per heavy atom. The first-order valence-electron chi connectivity index (χ1n) is 10.1. The van der Waals surface area contributed by atoms with Gasteiger partial charge in [0.15, 0.2) is 0 Å². The Morgan fingerprint density at radius 2 is 1.17 bits per heavy atom. The fraction of sp³-hybridized carbons (Fsp3) is 0.727. The topological polar surface area (TPSA) is 40.5 Å². The predicted molar refractivity (Wildman–Crippen MR) is 104 cm³/mol. The van der Waals surface area contributed by atoms with Gasteiger partial charge in [0, 0.05) is 6.07 Å². The lowest BCUT2D eigenvalue weighted by molar-refractivity contribution is 0.449. The summed E-state index contributed by atoms with van der Waals surface area (Å²) >= 11 is 0. The van der Waals surface area contributed by atoms with Gasteiger partial charge >= 0.3 is 0 Å². The van der Waals surface area contributed by atoms with Crippen molar-refractivity contribution < 1.29 is 10.2 Å². The molecule has 0 bridgehead atoms. The second-order valence-electron chi connectivity index (χ2n) is 7.45. The van der Waals surface area contributed by atoms with Crippen LogP contribution in [0.2, 0.25) is 0 Å². The van der Waals surface area contributed by atoms with Gasteiger partial charge in [-0.15, -0.1) is 0 Å². The molecule has 1 rings (SSSR count). The van der Waals surface area contributed by atoms with Gasteiger partial charge in [0.05, 0.1) is 0 Å². The number of aromatic hydroxyl groups is 2. The lowest BCUT2D eigenvalue weighted by atomic mass is 9.99. The SMILES string of the molecule is CCC(C)CCCCCCCCCCCCc1cc(O)cc(O)c1. The summed E-state index contributed by atoms with van der Waals surface area (Å²) in [5.74, 6) is 1.23. The summed E-state index contributed by atoms with van der Waals surface area (Å²) in [4.78, 5) is 0. The Hall–Kier alpha value is -1.18. The highest BCUT2D eigenvalue weighted by atomic mass is 16.3. The number of aryl methyl sites for hydroxylation is 1. The Bertz CT molecular complexity index is 408. The quantitative estimate of drug-likeness (QED) is 0.360. The normalized spacial score (nSPS) is 12.4. The molecule has 0 aliphatic carbocycles. The number of benzene rings is 1. The minimum Gasteiger partial charge on any atom is -0.508 e. The molecule has 0 aliphatic heterocycles. The van der Waals surface area contributed by atoms with E-state index in [4.69, 9.17) is 0 Å². The van der Waals surface area contributed by atoms with E-state index in [1.54, 1.807) is 12.1 Å². The Balaban J connectivity index is 1.87. The summed E-state index contributed by atoms with van der Waals surface area (Å²) in [6.45, 7) is 4.65. The van der Waals surface area contributed by atoms with Crippen LogP contribution in [0.4, 0.5) is 0 Å². The highest BCUT2D eigenvalue weighted by molar-refractivity contribution is 5.36. The van der Waals surface area contributed by atoms with Crippen molar-refractivity contribution in [2.24, 2.45) is 5.92 Å². The molecule has 0 aromatic heterocycles. The van der Waals surface area contributed by atoms with Gasteiger partial charge < -0.3 is 10.2 Å². The molecule has 24 heavy (non-hydrogen) atoms. The Morgan fingerprint density at radius 3 is 1.67 bits per heavy atom. The van der Waals surface area contributed by atoms with Crippen molar-refractivity contribution in [3.63, 3.8) is 0 Å². The third kappa shape index (κ3) is 10.6. The summed E-state index contributed by atoms with van der Waals surface area (Å²) in [7, 11) is 0. The molecule has 1 unspecified atom stereocenters. The van der Waals surface area contributed by atoms with Gasteiger partial charge in [0.1, 0.15) is 11.5 Å². The smallest absolute Gasteiger partial charge is 0.119 e. The van der Waals surface area contributed by atoms with Gasteiger partial charge in [-0.1, -0.05) is 84.5 Å². The zero-order valence-electron chi connectivity index (χ0n) is 15.9. The van der Waals surface area contributed by atoms with Crippen molar-refractivity contribution in [2.75, 3.05) is 0 Å². The van der Waals surface area contributed by atoms with Crippen LogP contribution in [0.25, 0.3) is 0 Å². The van der Waals surface area contributed by atoms with Crippen LogP contribution in [0, 0.1) is 5.92 Å². The Labute approximate surface area is 149 Å². The molecule has 0 heterocycles. The van der Waals surface area contributed by atoms with Gasteiger partial charge in [-0.3, -0.25) is 0 Å². The molecule has 0 saturated heterocycles. The molecule has 0 saturated carbocycles. The highest BCUT2D eigenvalue weighted by Gasteiger charge is 2.00. The molecular formula is C22H38O2. The summed E-state index contributed by atoms with van der Waals surface area (Å²) in [5.41, 5.74) is 1.03. The fourth-order valence-electron chi connectivity index (χ4n) is 3.24. The molecule has 0 spiro atoms. The average molecular weight is 335 g/mol. The van der Waals surface area contributed by atoms with E-state index in [2.05, 4.69) is 13.8 Å². The van der Waals surface area contributed by atoms with Crippen LogP contribution < -0.4 is 0 Å². The molecule has 0 aliphatic rings. The van der Waals surface area contributed by atoms with Crippen LogP contribution in [0.3, 0.4) is 0 Å². The second kappa shape index (κ2) is 13.1. The molecule has 138 valence electrons. The molecule has 2 nitrogen and oxygen atoms in total. The van der Waals surface area contributed by atoms with Gasteiger partial charge in [-0.25, -0.2) is 0 Å². The summed E-state index contributed by atoms with van der Waals surface area (Å²) < 4.78 is 0. The van der Waals surface area contributed by atoms with Crippen molar-refractivity contribution in [1.82, 2.24) is 0 Å². The predicted octanol–water partition coefficient (Wildman–Crippen LogP) is 6.98. The minimum absolute atomic E-state index is 0.161. The van der Waals surface area contributed by atoms with Crippen LogP contribution in [0.15, 0.2) is 18.2 Å². The van der Waals surface area contributed by atoms with E-state index >= 15 is 0 Å². The van der Waals surface area contributed by atoms with Gasteiger partial charge in [0.2, 0.25) is 0 Å². The van der Waals surface area contributed by atoms with E-state index in [0.717, 1.165) is 24.3 Å². The first kappa shape index (κ1) is 20.9. The third-order valence-electron chi connectivity index (χ3n) is 5.07. The van der Waals surface area contributed by atoms with Crippen molar-refractivity contribution in [1.29, 1.82) is 0 Å². The van der Waals surface area contributed by atoms with E-state index in [0.29, 0.717) is 0 Å². The van der Waals surface area contributed by atoms with Crippen LogP contribution in [0.5, 0.6) is 11.5 Å². The first-order valence-corrected chi connectivity index (χ1v) is 10.1. The first-order chi connectivity index (χ1) is 11.6. The molecule has 2 heteroatoms. The van der Waals surface area contributed by atoms with E-state index < -0.39 is 0 Å². The standard InChI is InChI=1S/C22H38O2/c1-3-19(2)14-12-10-8-6-4-5-7-9-11-13-15-20-16-21(23)18-22(24)17-20/h16-19,23-24H,3-15H2,1-2H3. The summed E-state index contributed by atoms with van der Waals surface area (Å²) in [6, 6.07) is 4.88. The number of phenolic OH excluding ortho intramolecular Hbond substituents is 2. The van der Waals surface area contributed by atoms with Crippen molar-refractivity contribution in [2.45, 2.75) is 97.3 Å². The van der Waals surface area contributed by atoms with E-state index in [1.165, 1.54) is 76.7 Å². The van der Waals surface area contributed by atoms with Crippen LogP contribution >= 0.6 is 0 Å².